The van der Waals surface area contributed by atoms with Crippen LogP contribution in [0.25, 0.3) is 0 Å². The number of hydrogen-bond donors (Lipinski definition) is 2. The zero-order chi connectivity index (χ0) is 13.7. The van der Waals surface area contributed by atoms with Crippen molar-refractivity contribution < 1.29 is 10.2 Å². The number of hydrogen-bond acceptors (Lipinski definition) is 4. The average Bonchev–Trinajstić information content (AvgIpc) is 2.65. The summed E-state index contributed by atoms with van der Waals surface area (Å²) in [5.74, 6) is 0. The van der Waals surface area contributed by atoms with Crippen molar-refractivity contribution >= 4 is 5.69 Å². The molecule has 1 heterocycles. The van der Waals surface area contributed by atoms with E-state index in [0.717, 1.165) is 32.6 Å². The van der Waals surface area contributed by atoms with E-state index in [1.54, 1.807) is 0 Å². The molecule has 0 radical (unpaired) electrons. The number of nitrogens with zero attached hydrogens (tertiary/aromatic N) is 2. The highest BCUT2D eigenvalue weighted by atomic mass is 16.3. The van der Waals surface area contributed by atoms with Crippen LogP contribution in [0.2, 0.25) is 0 Å². The number of β-amino-alcohol motifs (C(OH)–C–C–N with tert-alkyl or cyclic N) is 1. The van der Waals surface area contributed by atoms with E-state index in [1.165, 1.54) is 11.3 Å². The van der Waals surface area contributed by atoms with Crippen molar-refractivity contribution in [2.45, 2.75) is 19.4 Å². The molecule has 0 aliphatic carbocycles. The number of rotatable bonds is 4. The van der Waals surface area contributed by atoms with Gasteiger partial charge in [-0.25, -0.2) is 0 Å². The fourth-order valence-corrected chi connectivity index (χ4v) is 2.67. The van der Waals surface area contributed by atoms with E-state index in [-0.39, 0.29) is 6.61 Å². The maximum Gasteiger partial charge on any atom is 0.0897 e. The van der Waals surface area contributed by atoms with Crippen LogP contribution >= 0.6 is 0 Å². The molecule has 2 rings (SSSR count). The van der Waals surface area contributed by atoms with Crippen LogP contribution in [0.5, 0.6) is 0 Å². The molecular formula is C15H24N2O2. The van der Waals surface area contributed by atoms with E-state index in [9.17, 15) is 5.11 Å². The van der Waals surface area contributed by atoms with Crippen LogP contribution in [-0.2, 0) is 0 Å². The molecule has 0 bridgehead atoms. The van der Waals surface area contributed by atoms with E-state index < -0.39 is 6.10 Å². The Morgan fingerprint density at radius 2 is 1.95 bits per heavy atom. The van der Waals surface area contributed by atoms with Gasteiger partial charge in [-0.05, 0) is 31.5 Å². The summed E-state index contributed by atoms with van der Waals surface area (Å²) in [6.07, 6.45) is 0.469. The average molecular weight is 264 g/mol. The zero-order valence-corrected chi connectivity index (χ0v) is 11.6. The van der Waals surface area contributed by atoms with Crippen LogP contribution in [-0.4, -0.2) is 60.5 Å². The molecule has 0 spiro atoms. The van der Waals surface area contributed by atoms with Crippen LogP contribution in [0.15, 0.2) is 24.3 Å². The second-order valence-corrected chi connectivity index (χ2v) is 5.26. The molecule has 1 aromatic rings. The first-order valence-corrected chi connectivity index (χ1v) is 7.02. The molecule has 2 N–H and O–H groups in total. The summed E-state index contributed by atoms with van der Waals surface area (Å²) < 4.78 is 0. The first kappa shape index (κ1) is 14.3. The van der Waals surface area contributed by atoms with Gasteiger partial charge in [-0.15, -0.1) is 0 Å². The minimum Gasteiger partial charge on any atom is -0.394 e. The minimum absolute atomic E-state index is 0.155. The lowest BCUT2D eigenvalue weighted by atomic mass is 10.2. The Labute approximate surface area is 115 Å². The molecule has 1 aromatic carbocycles. The SMILES string of the molecule is Cc1ccccc1N1CCCN(C[C@H](O)CO)CC1. The maximum absolute atomic E-state index is 9.52. The minimum atomic E-state index is -0.620. The number of aryl methyl sites for hydroxylation is 1. The van der Waals surface area contributed by atoms with Crippen molar-refractivity contribution in [3.63, 3.8) is 0 Å². The number of aliphatic hydroxyl groups excluding tert-OH is 2. The smallest absolute Gasteiger partial charge is 0.0897 e. The lowest BCUT2D eigenvalue weighted by Gasteiger charge is -2.25. The quantitative estimate of drug-likeness (QED) is 0.847. The summed E-state index contributed by atoms with van der Waals surface area (Å²) in [6, 6.07) is 8.47. The predicted molar refractivity (Wildman–Crippen MR) is 77.5 cm³/mol. The molecule has 4 heteroatoms. The molecule has 0 unspecified atom stereocenters. The second kappa shape index (κ2) is 6.89. The molecule has 106 valence electrons. The van der Waals surface area contributed by atoms with Gasteiger partial charge in [-0.3, -0.25) is 4.90 Å². The van der Waals surface area contributed by atoms with E-state index in [4.69, 9.17) is 5.11 Å². The van der Waals surface area contributed by atoms with Crippen LogP contribution < -0.4 is 4.90 Å². The number of aliphatic hydroxyl groups is 2. The molecule has 4 nitrogen and oxygen atoms in total. The van der Waals surface area contributed by atoms with Gasteiger partial charge in [0.25, 0.3) is 0 Å². The van der Waals surface area contributed by atoms with Gasteiger partial charge in [-0.1, -0.05) is 18.2 Å². The molecule has 0 aromatic heterocycles. The summed E-state index contributed by atoms with van der Waals surface area (Å²) in [5.41, 5.74) is 2.62. The van der Waals surface area contributed by atoms with Gasteiger partial charge >= 0.3 is 0 Å². The van der Waals surface area contributed by atoms with Crippen LogP contribution in [0, 0.1) is 6.92 Å². The zero-order valence-electron chi connectivity index (χ0n) is 11.6. The second-order valence-electron chi connectivity index (χ2n) is 5.26. The van der Waals surface area contributed by atoms with Crippen molar-refractivity contribution in [3.8, 4) is 0 Å². The van der Waals surface area contributed by atoms with Gasteiger partial charge in [0.2, 0.25) is 0 Å². The lowest BCUT2D eigenvalue weighted by molar-refractivity contribution is 0.0612. The Morgan fingerprint density at radius 1 is 1.16 bits per heavy atom. The highest BCUT2D eigenvalue weighted by Crippen LogP contribution is 2.20. The van der Waals surface area contributed by atoms with Gasteiger partial charge in [0.15, 0.2) is 0 Å². The number of benzene rings is 1. The molecule has 0 amide bonds. The fourth-order valence-electron chi connectivity index (χ4n) is 2.67. The van der Waals surface area contributed by atoms with Crippen molar-refractivity contribution in [3.05, 3.63) is 29.8 Å². The monoisotopic (exact) mass is 264 g/mol. The van der Waals surface area contributed by atoms with Crippen LogP contribution in [0.4, 0.5) is 5.69 Å². The predicted octanol–water partition coefficient (Wildman–Crippen LogP) is 0.860. The largest absolute Gasteiger partial charge is 0.394 e. The van der Waals surface area contributed by atoms with Gasteiger partial charge < -0.3 is 15.1 Å². The Bertz CT molecular complexity index is 397. The molecule has 1 atom stereocenters. The third-order valence-electron chi connectivity index (χ3n) is 3.72. The molecule has 1 aliphatic rings. The Kier molecular flexibility index (Phi) is 5.19. The third kappa shape index (κ3) is 3.93. The fraction of sp³-hybridized carbons (Fsp3) is 0.600. The van der Waals surface area contributed by atoms with Crippen molar-refractivity contribution in [1.29, 1.82) is 0 Å². The summed E-state index contributed by atoms with van der Waals surface area (Å²) >= 11 is 0. The number of para-hydroxylation sites is 1. The van der Waals surface area contributed by atoms with E-state index in [0.29, 0.717) is 6.54 Å². The summed E-state index contributed by atoms with van der Waals surface area (Å²) in [7, 11) is 0. The first-order valence-electron chi connectivity index (χ1n) is 7.02. The van der Waals surface area contributed by atoms with Crippen molar-refractivity contribution in [1.82, 2.24) is 4.90 Å². The van der Waals surface area contributed by atoms with Gasteiger partial charge in [0.1, 0.15) is 0 Å². The Morgan fingerprint density at radius 3 is 2.68 bits per heavy atom. The summed E-state index contributed by atoms with van der Waals surface area (Å²) in [6.45, 7) is 6.51. The Balaban J connectivity index is 1.95. The highest BCUT2D eigenvalue weighted by molar-refractivity contribution is 5.53. The molecule has 19 heavy (non-hydrogen) atoms. The summed E-state index contributed by atoms with van der Waals surface area (Å²) in [4.78, 5) is 4.65. The first-order chi connectivity index (χ1) is 9.20. The van der Waals surface area contributed by atoms with Crippen LogP contribution in [0.1, 0.15) is 12.0 Å². The van der Waals surface area contributed by atoms with E-state index in [2.05, 4.69) is 41.0 Å². The molecule has 0 saturated carbocycles. The van der Waals surface area contributed by atoms with Gasteiger partial charge in [0, 0.05) is 31.9 Å². The molecule has 1 aliphatic heterocycles. The molecule has 1 saturated heterocycles. The molecular weight excluding hydrogens is 240 g/mol. The van der Waals surface area contributed by atoms with E-state index >= 15 is 0 Å². The molecule has 1 fully saturated rings. The third-order valence-corrected chi connectivity index (χ3v) is 3.72. The van der Waals surface area contributed by atoms with Gasteiger partial charge in [0.05, 0.1) is 12.7 Å². The number of anilines is 1. The normalized spacial score (nSPS) is 19.2. The van der Waals surface area contributed by atoms with Gasteiger partial charge in [-0.2, -0.15) is 0 Å². The lowest BCUT2D eigenvalue weighted by Crippen LogP contribution is -2.37. The summed E-state index contributed by atoms with van der Waals surface area (Å²) in [5, 5.41) is 18.4. The van der Waals surface area contributed by atoms with Crippen molar-refractivity contribution in [2.24, 2.45) is 0 Å². The standard InChI is InChI=1S/C15H24N2O2/c1-13-5-2-3-6-15(13)17-8-4-7-16(9-10-17)11-14(19)12-18/h2-3,5-6,14,18-19H,4,7-12H2,1H3/t14-/m0/s1. The van der Waals surface area contributed by atoms with Crippen molar-refractivity contribution in [2.75, 3.05) is 44.2 Å². The topological polar surface area (TPSA) is 46.9 Å². The Hall–Kier alpha value is -1.10. The highest BCUT2D eigenvalue weighted by Gasteiger charge is 2.17. The maximum atomic E-state index is 9.52. The van der Waals surface area contributed by atoms with E-state index in [1.807, 2.05) is 0 Å². The van der Waals surface area contributed by atoms with Crippen LogP contribution in [0.3, 0.4) is 0 Å².